The third-order valence-corrected chi connectivity index (χ3v) is 9.14. The number of fused-ring (bicyclic) bond motifs is 1. The van der Waals surface area contributed by atoms with E-state index >= 15 is 0 Å². The van der Waals surface area contributed by atoms with Gasteiger partial charge in [-0.15, -0.1) is 0 Å². The Morgan fingerprint density at radius 1 is 0.660 bits per heavy atom. The summed E-state index contributed by atoms with van der Waals surface area (Å²) < 4.78 is 0.989. The van der Waals surface area contributed by atoms with Gasteiger partial charge < -0.3 is 44.6 Å². The van der Waals surface area contributed by atoms with Gasteiger partial charge in [0.2, 0.25) is 23.6 Å². The van der Waals surface area contributed by atoms with Crippen LogP contribution in [0.15, 0.2) is 76.7 Å². The van der Waals surface area contributed by atoms with Crippen LogP contribution in [0.3, 0.4) is 0 Å². The first-order valence-corrected chi connectivity index (χ1v) is 18.3. The lowest BCUT2D eigenvalue weighted by Crippen LogP contribution is -2.52. The number of benzene rings is 3. The molecule has 0 aliphatic rings. The SMILES string of the molecule is CC(=O)N[C@@H](CCCN=C(N)N)C(=O)N[C@@H](CCCN=C(N)N)C(=O)C[C@H](Cc1ccc(I)cc1)C(=O)N[C@H](Cc1ccc2ccccc2c1)C(N)=O. The molecule has 53 heavy (non-hydrogen) atoms. The standard InChI is InChI=1S/C37H49IN10O5/c1-22(49)46-30(9-5-17-45-37(42)43)35(53)47-29(8-4-16-44-36(40)41)32(50)21-27(18-23-11-14-28(38)15-12-23)34(52)48-31(33(39)51)20-24-10-13-25-6-2-3-7-26(25)19-24/h2-3,6-7,10-15,19,27,29-31H,4-5,8-9,16-18,20-21H2,1H3,(H2,39,51)(H,46,49)(H,47,53)(H,48,52)(H4,40,41,44)(H4,42,43,45)/t27-,29-,30-,31+/m0/s1. The Morgan fingerprint density at radius 3 is 1.81 bits per heavy atom. The summed E-state index contributed by atoms with van der Waals surface area (Å²) >= 11 is 2.17. The Bertz CT molecular complexity index is 1790. The number of primary amides is 1. The van der Waals surface area contributed by atoms with E-state index < -0.39 is 53.5 Å². The molecule has 0 saturated carbocycles. The van der Waals surface area contributed by atoms with Gasteiger partial charge in [0, 0.05) is 42.3 Å². The van der Waals surface area contributed by atoms with Crippen LogP contribution in [-0.4, -0.2) is 72.5 Å². The molecule has 3 aromatic rings. The van der Waals surface area contributed by atoms with E-state index in [2.05, 4.69) is 48.5 Å². The quantitative estimate of drug-likeness (QED) is 0.0327. The molecule has 0 heterocycles. The number of guanidine groups is 2. The summed E-state index contributed by atoms with van der Waals surface area (Å²) in [6, 6.07) is 18.0. The summed E-state index contributed by atoms with van der Waals surface area (Å²) in [6.45, 7) is 1.70. The fourth-order valence-electron chi connectivity index (χ4n) is 5.77. The van der Waals surface area contributed by atoms with E-state index in [9.17, 15) is 24.0 Å². The van der Waals surface area contributed by atoms with E-state index in [1.54, 1.807) is 0 Å². The van der Waals surface area contributed by atoms with E-state index in [0.717, 1.165) is 25.5 Å². The number of nitrogens with two attached hydrogens (primary N) is 5. The Morgan fingerprint density at radius 2 is 1.23 bits per heavy atom. The number of ketones is 1. The predicted molar refractivity (Wildman–Crippen MR) is 214 cm³/mol. The Labute approximate surface area is 322 Å². The van der Waals surface area contributed by atoms with Crippen LogP contribution in [0.2, 0.25) is 0 Å². The number of aliphatic imine (C=N–C) groups is 2. The number of carbonyl (C=O) groups is 5. The average Bonchev–Trinajstić information content (AvgIpc) is 3.10. The zero-order valence-corrected chi connectivity index (χ0v) is 31.9. The second-order valence-electron chi connectivity index (χ2n) is 12.8. The number of hydrogen-bond acceptors (Lipinski definition) is 7. The number of carbonyl (C=O) groups excluding carboxylic acids is 5. The molecule has 0 fully saturated rings. The highest BCUT2D eigenvalue weighted by molar-refractivity contribution is 14.1. The van der Waals surface area contributed by atoms with Crippen molar-refractivity contribution >= 4 is 74.7 Å². The number of Topliss-reactive ketones (excluding diaryl/α,β-unsaturated/α-hetero) is 1. The fourth-order valence-corrected chi connectivity index (χ4v) is 6.13. The van der Waals surface area contributed by atoms with Gasteiger partial charge in [0.15, 0.2) is 17.7 Å². The van der Waals surface area contributed by atoms with Crippen molar-refractivity contribution < 1.29 is 24.0 Å². The number of halogens is 1. The first-order valence-electron chi connectivity index (χ1n) is 17.2. The summed E-state index contributed by atoms with van der Waals surface area (Å²) in [6.07, 6.45) is 1.08. The molecule has 284 valence electrons. The van der Waals surface area contributed by atoms with E-state index in [4.69, 9.17) is 28.7 Å². The predicted octanol–water partition coefficient (Wildman–Crippen LogP) is 0.872. The number of amides is 4. The molecule has 0 bridgehead atoms. The minimum absolute atomic E-state index is 0.100. The van der Waals surface area contributed by atoms with Gasteiger partial charge in [0.1, 0.15) is 12.1 Å². The smallest absolute Gasteiger partial charge is 0.243 e. The summed E-state index contributed by atoms with van der Waals surface area (Å²) in [7, 11) is 0. The maximum Gasteiger partial charge on any atom is 0.243 e. The summed E-state index contributed by atoms with van der Waals surface area (Å²) in [5.41, 5.74) is 29.1. The van der Waals surface area contributed by atoms with Gasteiger partial charge in [-0.1, -0.05) is 54.6 Å². The molecule has 0 saturated heterocycles. The van der Waals surface area contributed by atoms with Crippen LogP contribution in [0.5, 0.6) is 0 Å². The molecule has 0 aromatic heterocycles. The molecule has 0 spiro atoms. The van der Waals surface area contributed by atoms with Gasteiger partial charge in [-0.2, -0.15) is 0 Å². The van der Waals surface area contributed by atoms with Gasteiger partial charge in [-0.25, -0.2) is 0 Å². The van der Waals surface area contributed by atoms with E-state index in [1.165, 1.54) is 6.92 Å². The molecule has 0 unspecified atom stereocenters. The number of nitrogens with zero attached hydrogens (tertiary/aromatic N) is 2. The molecule has 13 N–H and O–H groups in total. The van der Waals surface area contributed by atoms with Crippen molar-refractivity contribution in [3.8, 4) is 0 Å². The zero-order valence-electron chi connectivity index (χ0n) is 29.7. The second kappa shape index (κ2) is 21.3. The van der Waals surface area contributed by atoms with Crippen LogP contribution < -0.4 is 44.6 Å². The lowest BCUT2D eigenvalue weighted by atomic mass is 9.89. The maximum atomic E-state index is 14.1. The summed E-state index contributed by atoms with van der Waals surface area (Å²) in [5, 5.41) is 10.2. The normalized spacial score (nSPS) is 13.1. The number of nitrogens with one attached hydrogen (secondary N) is 3. The largest absolute Gasteiger partial charge is 0.370 e. The summed E-state index contributed by atoms with van der Waals surface area (Å²) in [5.74, 6) is -3.87. The Hall–Kier alpha value is -5.26. The molecule has 0 radical (unpaired) electrons. The van der Waals surface area contributed by atoms with Gasteiger partial charge in [0.25, 0.3) is 0 Å². The lowest BCUT2D eigenvalue weighted by molar-refractivity contribution is -0.134. The second-order valence-corrected chi connectivity index (χ2v) is 14.0. The highest BCUT2D eigenvalue weighted by Crippen LogP contribution is 2.20. The number of hydrogen-bond donors (Lipinski definition) is 8. The first-order chi connectivity index (χ1) is 25.2. The van der Waals surface area contributed by atoms with Crippen LogP contribution in [-0.2, 0) is 36.8 Å². The molecule has 3 rings (SSSR count). The zero-order chi connectivity index (χ0) is 38.9. The van der Waals surface area contributed by atoms with Gasteiger partial charge in [-0.05, 0) is 88.7 Å². The lowest BCUT2D eigenvalue weighted by Gasteiger charge is -2.25. The minimum Gasteiger partial charge on any atom is -0.370 e. The third-order valence-electron chi connectivity index (χ3n) is 8.42. The molecule has 16 heteroatoms. The van der Waals surface area contributed by atoms with Crippen molar-refractivity contribution in [1.82, 2.24) is 16.0 Å². The van der Waals surface area contributed by atoms with Crippen LogP contribution >= 0.6 is 22.6 Å². The van der Waals surface area contributed by atoms with E-state index in [1.807, 2.05) is 66.7 Å². The van der Waals surface area contributed by atoms with Crippen molar-refractivity contribution in [2.45, 2.75) is 70.0 Å². The van der Waals surface area contributed by atoms with E-state index in [0.29, 0.717) is 12.8 Å². The highest BCUT2D eigenvalue weighted by atomic mass is 127. The molecule has 0 aliphatic heterocycles. The molecular weight excluding hydrogens is 791 g/mol. The van der Waals surface area contributed by atoms with Crippen LogP contribution in [0.4, 0.5) is 0 Å². The van der Waals surface area contributed by atoms with Gasteiger partial charge in [-0.3, -0.25) is 34.0 Å². The Kier molecular flexibility index (Phi) is 16.9. The fraction of sp³-hybridized carbons (Fsp3) is 0.378. The average molecular weight is 841 g/mol. The molecule has 4 amide bonds. The van der Waals surface area contributed by atoms with Crippen LogP contribution in [0.1, 0.15) is 50.2 Å². The van der Waals surface area contributed by atoms with Crippen molar-refractivity contribution in [2.24, 2.45) is 44.6 Å². The van der Waals surface area contributed by atoms with Crippen molar-refractivity contribution in [3.63, 3.8) is 0 Å². The van der Waals surface area contributed by atoms with Crippen molar-refractivity contribution in [2.75, 3.05) is 13.1 Å². The highest BCUT2D eigenvalue weighted by Gasteiger charge is 2.31. The van der Waals surface area contributed by atoms with Gasteiger partial charge >= 0.3 is 0 Å². The number of rotatable bonds is 21. The maximum absolute atomic E-state index is 14.1. The third kappa shape index (κ3) is 15.1. The minimum atomic E-state index is -1.05. The van der Waals surface area contributed by atoms with Crippen molar-refractivity contribution in [3.05, 3.63) is 81.4 Å². The monoisotopic (exact) mass is 840 g/mol. The molecule has 0 aliphatic carbocycles. The molecule has 4 atom stereocenters. The topological polar surface area (TPSA) is 276 Å². The molecule has 15 nitrogen and oxygen atoms in total. The summed E-state index contributed by atoms with van der Waals surface area (Å²) in [4.78, 5) is 74.1. The molecule has 3 aromatic carbocycles. The molecular formula is C37H49IN10O5. The van der Waals surface area contributed by atoms with Crippen LogP contribution in [0, 0.1) is 9.49 Å². The van der Waals surface area contributed by atoms with Crippen molar-refractivity contribution in [1.29, 1.82) is 0 Å². The van der Waals surface area contributed by atoms with Gasteiger partial charge in [0.05, 0.1) is 6.04 Å². The first kappa shape index (κ1) is 42.2. The Balaban J connectivity index is 1.86. The van der Waals surface area contributed by atoms with Crippen LogP contribution in [0.25, 0.3) is 10.8 Å². The van der Waals surface area contributed by atoms with E-state index in [-0.39, 0.29) is 57.1 Å².